The number of aliphatic hydroxyl groups excluding tert-OH is 1. The topological polar surface area (TPSA) is 49.3 Å². The van der Waals surface area contributed by atoms with Gasteiger partial charge in [-0.1, -0.05) is 20.8 Å². The molecule has 0 aromatic heterocycles. The van der Waals surface area contributed by atoms with Crippen LogP contribution in [0.4, 0.5) is 0 Å². The Labute approximate surface area is 84.3 Å². The fourth-order valence-electron chi connectivity index (χ4n) is 0.644. The van der Waals surface area contributed by atoms with Crippen LogP contribution in [0.25, 0.3) is 0 Å². The molecule has 0 saturated carbocycles. The lowest BCUT2D eigenvalue weighted by Crippen LogP contribution is -2.36. The van der Waals surface area contributed by atoms with Gasteiger partial charge in [-0.15, -0.1) is 11.8 Å². The molecule has 78 valence electrons. The van der Waals surface area contributed by atoms with Crippen LogP contribution < -0.4 is 5.32 Å². The van der Waals surface area contributed by atoms with Gasteiger partial charge in [0.15, 0.2) is 0 Å². The molecule has 1 amide bonds. The van der Waals surface area contributed by atoms with E-state index in [-0.39, 0.29) is 23.3 Å². The zero-order valence-electron chi connectivity index (χ0n) is 8.76. The summed E-state index contributed by atoms with van der Waals surface area (Å²) in [6.07, 6.45) is 0. The van der Waals surface area contributed by atoms with Crippen molar-refractivity contribution in [1.82, 2.24) is 5.32 Å². The number of thioether (sulfide) groups is 1. The molecule has 0 saturated heterocycles. The Morgan fingerprint density at radius 3 is 2.46 bits per heavy atom. The van der Waals surface area contributed by atoms with Crippen LogP contribution >= 0.6 is 11.8 Å². The second-order valence-corrected chi connectivity index (χ2v) is 5.85. The van der Waals surface area contributed by atoms with Gasteiger partial charge >= 0.3 is 0 Å². The number of rotatable bonds is 4. The summed E-state index contributed by atoms with van der Waals surface area (Å²) in [7, 11) is 0. The van der Waals surface area contributed by atoms with Crippen molar-refractivity contribution in [2.75, 3.05) is 12.4 Å². The van der Waals surface area contributed by atoms with Crippen molar-refractivity contribution in [2.45, 2.75) is 38.5 Å². The predicted molar refractivity (Wildman–Crippen MR) is 56.9 cm³/mol. The first-order valence-electron chi connectivity index (χ1n) is 4.39. The molecule has 0 aromatic rings. The van der Waals surface area contributed by atoms with Crippen LogP contribution in [0.5, 0.6) is 0 Å². The molecule has 0 heterocycles. The minimum Gasteiger partial charge on any atom is -0.394 e. The molecule has 0 rings (SSSR count). The molecule has 0 radical (unpaired) electrons. The van der Waals surface area contributed by atoms with Gasteiger partial charge in [0.05, 0.1) is 12.4 Å². The number of nitrogens with one attached hydrogen (secondary N) is 1. The quantitative estimate of drug-likeness (QED) is 0.720. The maximum Gasteiger partial charge on any atom is 0.230 e. The molecule has 0 aliphatic rings. The van der Waals surface area contributed by atoms with Crippen molar-refractivity contribution in [1.29, 1.82) is 0 Å². The lowest BCUT2D eigenvalue weighted by Gasteiger charge is -2.18. The summed E-state index contributed by atoms with van der Waals surface area (Å²) in [6, 6.07) is -0.145. The van der Waals surface area contributed by atoms with Gasteiger partial charge in [-0.3, -0.25) is 4.79 Å². The van der Waals surface area contributed by atoms with Crippen LogP contribution in [0.1, 0.15) is 27.7 Å². The molecule has 0 aliphatic heterocycles. The molecule has 0 fully saturated rings. The Morgan fingerprint density at radius 2 is 2.08 bits per heavy atom. The van der Waals surface area contributed by atoms with E-state index in [0.29, 0.717) is 5.75 Å². The molecule has 0 aliphatic carbocycles. The Balaban J connectivity index is 3.64. The monoisotopic (exact) mass is 205 g/mol. The number of aliphatic hydroxyl groups is 1. The largest absolute Gasteiger partial charge is 0.394 e. The van der Waals surface area contributed by atoms with Crippen molar-refractivity contribution in [3.63, 3.8) is 0 Å². The Hall–Kier alpha value is -0.220. The fraction of sp³-hybridized carbons (Fsp3) is 0.889. The maximum absolute atomic E-state index is 11.2. The highest BCUT2D eigenvalue weighted by atomic mass is 32.2. The van der Waals surface area contributed by atoms with Gasteiger partial charge in [0.2, 0.25) is 5.91 Å². The first-order valence-corrected chi connectivity index (χ1v) is 5.38. The normalized spacial score (nSPS) is 13.9. The third kappa shape index (κ3) is 8.12. The van der Waals surface area contributed by atoms with Crippen molar-refractivity contribution in [3.05, 3.63) is 0 Å². The van der Waals surface area contributed by atoms with Crippen molar-refractivity contribution < 1.29 is 9.90 Å². The van der Waals surface area contributed by atoms with E-state index in [9.17, 15) is 4.79 Å². The van der Waals surface area contributed by atoms with Gasteiger partial charge in [-0.05, 0) is 6.92 Å². The average Bonchev–Trinajstić information content (AvgIpc) is 1.99. The average molecular weight is 205 g/mol. The van der Waals surface area contributed by atoms with Crippen LogP contribution in [0.2, 0.25) is 0 Å². The molecular formula is C9H19NO2S. The molecule has 4 heteroatoms. The molecule has 0 aromatic carbocycles. The molecule has 1 atom stereocenters. The van der Waals surface area contributed by atoms with Crippen LogP contribution in [0, 0.1) is 0 Å². The summed E-state index contributed by atoms with van der Waals surface area (Å²) >= 11 is 1.60. The highest BCUT2D eigenvalue weighted by Crippen LogP contribution is 2.22. The SMILES string of the molecule is CC(CO)NC(=O)CSC(C)(C)C. The van der Waals surface area contributed by atoms with Gasteiger partial charge in [0.25, 0.3) is 0 Å². The molecule has 3 nitrogen and oxygen atoms in total. The smallest absolute Gasteiger partial charge is 0.230 e. The van der Waals surface area contributed by atoms with E-state index in [4.69, 9.17) is 5.11 Å². The third-order valence-corrected chi connectivity index (χ3v) is 2.59. The number of hydrogen-bond donors (Lipinski definition) is 2. The highest BCUT2D eigenvalue weighted by Gasteiger charge is 2.14. The summed E-state index contributed by atoms with van der Waals surface area (Å²) in [4.78, 5) is 11.2. The van der Waals surface area contributed by atoms with Gasteiger partial charge in [0.1, 0.15) is 0 Å². The molecule has 0 bridgehead atoms. The Bertz CT molecular complexity index is 165. The second kappa shape index (κ2) is 5.50. The van der Waals surface area contributed by atoms with Gasteiger partial charge in [-0.25, -0.2) is 0 Å². The fourth-order valence-corrected chi connectivity index (χ4v) is 1.29. The van der Waals surface area contributed by atoms with Gasteiger partial charge in [0, 0.05) is 10.8 Å². The Kier molecular flexibility index (Phi) is 5.40. The maximum atomic E-state index is 11.2. The zero-order chi connectivity index (χ0) is 10.5. The number of carbonyl (C=O) groups is 1. The van der Waals surface area contributed by atoms with E-state index in [1.807, 2.05) is 0 Å². The minimum absolute atomic E-state index is 0.00801. The minimum atomic E-state index is -0.145. The van der Waals surface area contributed by atoms with E-state index in [2.05, 4.69) is 26.1 Å². The number of carbonyl (C=O) groups excluding carboxylic acids is 1. The molecular weight excluding hydrogens is 186 g/mol. The number of amides is 1. The van der Waals surface area contributed by atoms with Crippen LogP contribution in [-0.2, 0) is 4.79 Å². The van der Waals surface area contributed by atoms with E-state index in [0.717, 1.165) is 0 Å². The first-order chi connectivity index (χ1) is 5.85. The van der Waals surface area contributed by atoms with Crippen molar-refractivity contribution in [2.24, 2.45) is 0 Å². The Morgan fingerprint density at radius 1 is 1.54 bits per heavy atom. The van der Waals surface area contributed by atoms with E-state index in [1.54, 1.807) is 18.7 Å². The summed E-state index contributed by atoms with van der Waals surface area (Å²) in [5, 5.41) is 11.4. The van der Waals surface area contributed by atoms with E-state index < -0.39 is 0 Å². The van der Waals surface area contributed by atoms with Crippen LogP contribution in [-0.4, -0.2) is 34.2 Å². The number of hydrogen-bond acceptors (Lipinski definition) is 3. The second-order valence-electron chi connectivity index (χ2n) is 4.05. The lowest BCUT2D eigenvalue weighted by atomic mass is 10.3. The third-order valence-electron chi connectivity index (χ3n) is 1.32. The highest BCUT2D eigenvalue weighted by molar-refractivity contribution is 8.01. The summed E-state index contributed by atoms with van der Waals surface area (Å²) in [6.45, 7) is 7.98. The van der Waals surface area contributed by atoms with Gasteiger partial charge in [-0.2, -0.15) is 0 Å². The van der Waals surface area contributed by atoms with Crippen LogP contribution in [0.3, 0.4) is 0 Å². The van der Waals surface area contributed by atoms with Gasteiger partial charge < -0.3 is 10.4 Å². The van der Waals surface area contributed by atoms with E-state index in [1.165, 1.54) is 0 Å². The van der Waals surface area contributed by atoms with E-state index >= 15 is 0 Å². The molecule has 1 unspecified atom stereocenters. The first kappa shape index (κ1) is 12.8. The molecule has 2 N–H and O–H groups in total. The lowest BCUT2D eigenvalue weighted by molar-refractivity contribution is -0.119. The predicted octanol–water partition coefficient (Wildman–Crippen LogP) is 1.02. The summed E-state index contributed by atoms with van der Waals surface area (Å²) in [5.41, 5.74) is 0. The van der Waals surface area contributed by atoms with Crippen molar-refractivity contribution in [3.8, 4) is 0 Å². The van der Waals surface area contributed by atoms with Crippen LogP contribution in [0.15, 0.2) is 0 Å². The van der Waals surface area contributed by atoms with Crippen molar-refractivity contribution >= 4 is 17.7 Å². The molecule has 13 heavy (non-hydrogen) atoms. The summed E-state index contributed by atoms with van der Waals surface area (Å²) in [5.74, 6) is 0.440. The zero-order valence-corrected chi connectivity index (χ0v) is 9.57. The summed E-state index contributed by atoms with van der Waals surface area (Å²) < 4.78 is 0.111. The standard InChI is InChI=1S/C9H19NO2S/c1-7(5-11)10-8(12)6-13-9(2,3)4/h7,11H,5-6H2,1-4H3,(H,10,12). The molecule has 0 spiro atoms.